The molecule has 0 aromatic heterocycles. The van der Waals surface area contributed by atoms with Crippen LogP contribution in [0.4, 0.5) is 10.1 Å². The minimum Gasteiger partial charge on any atom is -0.374 e. The lowest BCUT2D eigenvalue weighted by Gasteiger charge is -2.19. The Morgan fingerprint density at radius 1 is 1.38 bits per heavy atom. The van der Waals surface area contributed by atoms with Gasteiger partial charge in [0.15, 0.2) is 0 Å². The maximum absolute atomic E-state index is 13.4. The molecule has 1 rings (SSSR count). The Kier molecular flexibility index (Phi) is 5.63. The monoisotopic (exact) mass is 242 g/mol. The van der Waals surface area contributed by atoms with Gasteiger partial charge in [0, 0.05) is 31.6 Å². The van der Waals surface area contributed by atoms with E-state index in [1.165, 1.54) is 0 Å². The molecule has 0 amide bonds. The second-order valence-corrected chi connectivity index (χ2v) is 4.75. The van der Waals surface area contributed by atoms with Crippen LogP contribution in [0.15, 0.2) is 18.2 Å². The highest BCUT2D eigenvalue weighted by atomic mass is 32.2. The van der Waals surface area contributed by atoms with Crippen LogP contribution in [0.25, 0.3) is 0 Å². The highest BCUT2D eigenvalue weighted by Gasteiger charge is 2.04. The number of nitrogens with zero attached hydrogens (tertiary/aromatic N) is 1. The fourth-order valence-corrected chi connectivity index (χ4v) is 1.97. The molecule has 0 saturated heterocycles. The van der Waals surface area contributed by atoms with Crippen molar-refractivity contribution < 1.29 is 4.39 Å². The van der Waals surface area contributed by atoms with Gasteiger partial charge in [-0.15, -0.1) is 0 Å². The molecule has 4 heteroatoms. The molecule has 2 nitrogen and oxygen atoms in total. The normalized spacial score (nSPS) is 10.5. The van der Waals surface area contributed by atoms with Gasteiger partial charge >= 0.3 is 0 Å². The largest absolute Gasteiger partial charge is 0.374 e. The molecule has 1 N–H and O–H groups in total. The summed E-state index contributed by atoms with van der Waals surface area (Å²) in [5.74, 6) is 0.882. The molecule has 1 aromatic carbocycles. The van der Waals surface area contributed by atoms with E-state index in [-0.39, 0.29) is 5.82 Å². The topological polar surface area (TPSA) is 15.3 Å². The molecule has 0 spiro atoms. The van der Waals surface area contributed by atoms with Crippen LogP contribution in [0.5, 0.6) is 0 Å². The average Bonchev–Trinajstić information content (AvgIpc) is 2.25. The van der Waals surface area contributed by atoms with Gasteiger partial charge in [-0.3, -0.25) is 0 Å². The summed E-state index contributed by atoms with van der Waals surface area (Å²) in [6, 6.07) is 5.18. The zero-order chi connectivity index (χ0) is 12.0. The zero-order valence-electron chi connectivity index (χ0n) is 10.1. The van der Waals surface area contributed by atoms with E-state index in [0.717, 1.165) is 23.5 Å². The molecule has 0 heterocycles. The summed E-state index contributed by atoms with van der Waals surface area (Å²) in [5.41, 5.74) is 1.92. The van der Waals surface area contributed by atoms with Crippen molar-refractivity contribution in [2.24, 2.45) is 0 Å². The summed E-state index contributed by atoms with van der Waals surface area (Å²) < 4.78 is 13.4. The first-order valence-corrected chi connectivity index (χ1v) is 6.71. The first-order chi connectivity index (χ1) is 7.67. The predicted octanol–water partition coefficient (Wildman–Crippen LogP) is 2.34. The van der Waals surface area contributed by atoms with Crippen LogP contribution in [-0.4, -0.2) is 32.6 Å². The molecular weight excluding hydrogens is 223 g/mol. The van der Waals surface area contributed by atoms with Gasteiger partial charge in [0.25, 0.3) is 0 Å². The quantitative estimate of drug-likeness (QED) is 0.824. The number of hydrogen-bond donors (Lipinski definition) is 1. The Hall–Kier alpha value is -0.740. The van der Waals surface area contributed by atoms with Crippen LogP contribution in [0, 0.1) is 5.82 Å². The summed E-state index contributed by atoms with van der Waals surface area (Å²) in [6.07, 6.45) is 2.08. The van der Waals surface area contributed by atoms with E-state index in [1.807, 2.05) is 20.2 Å². The van der Waals surface area contributed by atoms with E-state index >= 15 is 0 Å². The molecule has 0 bridgehead atoms. The van der Waals surface area contributed by atoms with Gasteiger partial charge in [-0.2, -0.15) is 11.8 Å². The Balaban J connectivity index is 2.78. The van der Waals surface area contributed by atoms with Crippen LogP contribution in [0.2, 0.25) is 0 Å². The van der Waals surface area contributed by atoms with Gasteiger partial charge in [0.1, 0.15) is 5.82 Å². The van der Waals surface area contributed by atoms with Crippen LogP contribution >= 0.6 is 11.8 Å². The zero-order valence-corrected chi connectivity index (χ0v) is 10.9. The molecule has 0 aliphatic heterocycles. The molecule has 0 aliphatic carbocycles. The third-order valence-electron chi connectivity index (χ3n) is 2.39. The third-order valence-corrected chi connectivity index (χ3v) is 2.99. The van der Waals surface area contributed by atoms with Crippen LogP contribution in [0.1, 0.15) is 5.56 Å². The highest BCUT2D eigenvalue weighted by molar-refractivity contribution is 7.98. The number of benzene rings is 1. The van der Waals surface area contributed by atoms with Gasteiger partial charge in [0.2, 0.25) is 0 Å². The summed E-state index contributed by atoms with van der Waals surface area (Å²) in [5, 5.41) is 3.03. The Bertz CT molecular complexity index is 331. The maximum Gasteiger partial charge on any atom is 0.125 e. The fraction of sp³-hybridized carbons (Fsp3) is 0.500. The summed E-state index contributed by atoms with van der Waals surface area (Å²) in [7, 11) is 3.86. The summed E-state index contributed by atoms with van der Waals surface area (Å²) in [4.78, 5) is 2.08. The number of rotatable bonds is 6. The number of thioether (sulfide) groups is 1. The van der Waals surface area contributed by atoms with Crippen molar-refractivity contribution in [2.45, 2.75) is 6.54 Å². The second kappa shape index (κ2) is 6.76. The van der Waals surface area contributed by atoms with E-state index in [1.54, 1.807) is 23.9 Å². The van der Waals surface area contributed by atoms with E-state index in [4.69, 9.17) is 0 Å². The maximum atomic E-state index is 13.4. The van der Waals surface area contributed by atoms with E-state index in [9.17, 15) is 4.39 Å². The lowest BCUT2D eigenvalue weighted by atomic mass is 10.2. The minimum atomic E-state index is -0.168. The van der Waals surface area contributed by atoms with Crippen molar-refractivity contribution in [3.63, 3.8) is 0 Å². The number of hydrogen-bond acceptors (Lipinski definition) is 3. The Morgan fingerprint density at radius 2 is 2.12 bits per heavy atom. The van der Waals surface area contributed by atoms with E-state index < -0.39 is 0 Å². The Labute approximate surface area is 101 Å². The van der Waals surface area contributed by atoms with Gasteiger partial charge < -0.3 is 10.2 Å². The van der Waals surface area contributed by atoms with Crippen LogP contribution < -0.4 is 10.2 Å². The Morgan fingerprint density at radius 3 is 2.75 bits per heavy atom. The average molecular weight is 242 g/mol. The first-order valence-electron chi connectivity index (χ1n) is 5.31. The molecule has 1 aromatic rings. The van der Waals surface area contributed by atoms with Crippen molar-refractivity contribution in [3.8, 4) is 0 Å². The van der Waals surface area contributed by atoms with E-state index in [0.29, 0.717) is 6.54 Å². The fourth-order valence-electron chi connectivity index (χ4n) is 1.52. The highest BCUT2D eigenvalue weighted by Crippen LogP contribution is 2.17. The van der Waals surface area contributed by atoms with Crippen molar-refractivity contribution >= 4 is 17.4 Å². The van der Waals surface area contributed by atoms with Gasteiger partial charge in [-0.25, -0.2) is 4.39 Å². The molecule has 0 unspecified atom stereocenters. The summed E-state index contributed by atoms with van der Waals surface area (Å²) in [6.45, 7) is 1.63. The SMILES string of the molecule is CNCc1cc(F)cc(N(C)CCSC)c1. The van der Waals surface area contributed by atoms with Crippen molar-refractivity contribution in [3.05, 3.63) is 29.6 Å². The smallest absolute Gasteiger partial charge is 0.125 e. The van der Waals surface area contributed by atoms with Crippen LogP contribution in [-0.2, 0) is 6.54 Å². The third kappa shape index (κ3) is 4.02. The first kappa shape index (κ1) is 13.3. The van der Waals surface area contributed by atoms with Gasteiger partial charge in [-0.05, 0) is 37.1 Å². The van der Waals surface area contributed by atoms with Gasteiger partial charge in [-0.1, -0.05) is 0 Å². The predicted molar refractivity (Wildman–Crippen MR) is 70.8 cm³/mol. The molecule has 0 saturated carbocycles. The van der Waals surface area contributed by atoms with Gasteiger partial charge in [0.05, 0.1) is 0 Å². The molecule has 0 atom stereocenters. The molecule has 90 valence electrons. The van der Waals surface area contributed by atoms with Crippen molar-refractivity contribution in [1.29, 1.82) is 0 Å². The molecule has 0 aliphatic rings. The summed E-state index contributed by atoms with van der Waals surface area (Å²) >= 11 is 1.80. The standard InChI is InChI=1S/C12H19FN2S/c1-14-9-10-6-11(13)8-12(7-10)15(2)4-5-16-3/h6-8,14H,4-5,9H2,1-3H3. The minimum absolute atomic E-state index is 0.168. The number of halogens is 1. The number of nitrogens with one attached hydrogen (secondary N) is 1. The molecular formula is C12H19FN2S. The van der Waals surface area contributed by atoms with Crippen LogP contribution in [0.3, 0.4) is 0 Å². The number of anilines is 1. The molecule has 0 fully saturated rings. The van der Waals surface area contributed by atoms with Crippen molar-refractivity contribution in [1.82, 2.24) is 5.32 Å². The van der Waals surface area contributed by atoms with Crippen molar-refractivity contribution in [2.75, 3.05) is 37.5 Å². The second-order valence-electron chi connectivity index (χ2n) is 3.76. The molecule has 16 heavy (non-hydrogen) atoms. The lowest BCUT2D eigenvalue weighted by molar-refractivity contribution is 0.623. The molecule has 0 radical (unpaired) electrons. The lowest BCUT2D eigenvalue weighted by Crippen LogP contribution is -2.20. The van der Waals surface area contributed by atoms with E-state index in [2.05, 4.69) is 16.5 Å².